The minimum Gasteiger partial charge on any atom is -0.452 e. The van der Waals surface area contributed by atoms with E-state index in [4.69, 9.17) is 27.9 Å². The summed E-state index contributed by atoms with van der Waals surface area (Å²) in [6, 6.07) is 12.0. The van der Waals surface area contributed by atoms with Crippen LogP contribution >= 0.6 is 23.2 Å². The number of rotatable bonds is 5. The Hall–Kier alpha value is -2.04. The van der Waals surface area contributed by atoms with Crippen molar-refractivity contribution in [3.8, 4) is 0 Å². The molecule has 1 amide bonds. The van der Waals surface area contributed by atoms with Gasteiger partial charge in [-0.1, -0.05) is 47.0 Å². The molecule has 0 bridgehead atoms. The molecule has 2 aromatic carbocycles. The SMILES string of the molecule is Cc1cccc(C(=O)OCC(=O)NCc2ccc(Cl)cc2Cl)c1. The van der Waals surface area contributed by atoms with E-state index in [1.54, 1.807) is 36.4 Å². The van der Waals surface area contributed by atoms with Crippen molar-refractivity contribution in [3.05, 3.63) is 69.2 Å². The molecule has 0 heterocycles. The van der Waals surface area contributed by atoms with Gasteiger partial charge in [0.15, 0.2) is 6.61 Å². The van der Waals surface area contributed by atoms with Gasteiger partial charge < -0.3 is 10.1 Å². The Kier molecular flexibility index (Phi) is 6.02. The molecule has 0 aliphatic heterocycles. The van der Waals surface area contributed by atoms with Gasteiger partial charge >= 0.3 is 5.97 Å². The van der Waals surface area contributed by atoms with Gasteiger partial charge in [0.2, 0.25) is 0 Å². The number of carbonyl (C=O) groups is 2. The van der Waals surface area contributed by atoms with Crippen LogP contribution in [0.15, 0.2) is 42.5 Å². The summed E-state index contributed by atoms with van der Waals surface area (Å²) in [7, 11) is 0. The van der Waals surface area contributed by atoms with Crippen molar-refractivity contribution in [2.45, 2.75) is 13.5 Å². The van der Waals surface area contributed by atoms with Gasteiger partial charge in [0, 0.05) is 16.6 Å². The van der Waals surface area contributed by atoms with Gasteiger partial charge in [0.25, 0.3) is 5.91 Å². The number of amides is 1. The van der Waals surface area contributed by atoms with Gasteiger partial charge in [0.1, 0.15) is 0 Å². The Bertz CT molecular complexity index is 732. The molecule has 0 unspecified atom stereocenters. The first-order valence-electron chi connectivity index (χ1n) is 6.90. The Balaban J connectivity index is 1.82. The molecular weight excluding hydrogens is 337 g/mol. The lowest BCUT2D eigenvalue weighted by atomic mass is 10.1. The number of carbonyl (C=O) groups excluding carboxylic acids is 2. The fraction of sp³-hybridized carbons (Fsp3) is 0.176. The molecule has 6 heteroatoms. The molecule has 0 spiro atoms. The third kappa shape index (κ3) is 5.27. The number of esters is 1. The van der Waals surface area contributed by atoms with Crippen LogP contribution in [0.5, 0.6) is 0 Å². The number of halogens is 2. The summed E-state index contributed by atoms with van der Waals surface area (Å²) in [5, 5.41) is 3.63. The van der Waals surface area contributed by atoms with Crippen LogP contribution in [0.1, 0.15) is 21.5 Å². The zero-order valence-electron chi connectivity index (χ0n) is 12.4. The van der Waals surface area contributed by atoms with Crippen LogP contribution in [0.2, 0.25) is 10.0 Å². The Morgan fingerprint density at radius 2 is 1.91 bits per heavy atom. The molecule has 0 radical (unpaired) electrons. The summed E-state index contributed by atoms with van der Waals surface area (Å²) in [6.45, 7) is 1.76. The molecule has 1 N–H and O–H groups in total. The second-order valence-electron chi connectivity index (χ2n) is 4.96. The van der Waals surface area contributed by atoms with Crippen LogP contribution in [0.3, 0.4) is 0 Å². The van der Waals surface area contributed by atoms with Crippen molar-refractivity contribution in [3.63, 3.8) is 0 Å². The fourth-order valence-electron chi connectivity index (χ4n) is 1.90. The molecule has 2 rings (SSSR count). The van der Waals surface area contributed by atoms with Crippen molar-refractivity contribution in [2.24, 2.45) is 0 Å². The summed E-state index contributed by atoms with van der Waals surface area (Å²) in [5.74, 6) is -0.939. The first kappa shape index (κ1) is 17.3. The van der Waals surface area contributed by atoms with Crippen LogP contribution in [0.4, 0.5) is 0 Å². The number of benzene rings is 2. The quantitative estimate of drug-likeness (QED) is 0.834. The number of ether oxygens (including phenoxy) is 1. The van der Waals surface area contributed by atoms with Crippen LogP contribution in [-0.4, -0.2) is 18.5 Å². The van der Waals surface area contributed by atoms with E-state index < -0.39 is 11.9 Å². The molecule has 0 atom stereocenters. The molecule has 0 aliphatic carbocycles. The van der Waals surface area contributed by atoms with Gasteiger partial charge in [0.05, 0.1) is 5.56 Å². The first-order chi connectivity index (χ1) is 11.0. The zero-order chi connectivity index (χ0) is 16.8. The number of hydrogen-bond donors (Lipinski definition) is 1. The van der Waals surface area contributed by atoms with Gasteiger partial charge in [-0.2, -0.15) is 0 Å². The normalized spacial score (nSPS) is 10.2. The molecule has 0 aromatic heterocycles. The van der Waals surface area contributed by atoms with E-state index in [0.717, 1.165) is 11.1 Å². The van der Waals surface area contributed by atoms with E-state index >= 15 is 0 Å². The number of hydrogen-bond acceptors (Lipinski definition) is 3. The molecule has 0 saturated heterocycles. The smallest absolute Gasteiger partial charge is 0.338 e. The highest BCUT2D eigenvalue weighted by molar-refractivity contribution is 6.35. The van der Waals surface area contributed by atoms with Gasteiger partial charge in [-0.05, 0) is 36.8 Å². The molecule has 120 valence electrons. The summed E-state index contributed by atoms with van der Waals surface area (Å²) in [4.78, 5) is 23.6. The van der Waals surface area contributed by atoms with E-state index in [0.29, 0.717) is 15.6 Å². The predicted octanol–water partition coefficient (Wildman–Crippen LogP) is 3.78. The van der Waals surface area contributed by atoms with Crippen LogP contribution in [0, 0.1) is 6.92 Å². The third-order valence-electron chi connectivity index (χ3n) is 3.08. The third-order valence-corrected chi connectivity index (χ3v) is 3.67. The standard InChI is InChI=1S/C17H15Cl2NO3/c1-11-3-2-4-12(7-11)17(22)23-10-16(21)20-9-13-5-6-14(18)8-15(13)19/h2-8H,9-10H2,1H3,(H,20,21). The Morgan fingerprint density at radius 3 is 2.61 bits per heavy atom. The van der Waals surface area contributed by atoms with E-state index in [1.807, 2.05) is 13.0 Å². The molecule has 0 saturated carbocycles. The lowest BCUT2D eigenvalue weighted by Crippen LogP contribution is -2.28. The maximum Gasteiger partial charge on any atom is 0.338 e. The summed E-state index contributed by atoms with van der Waals surface area (Å²) in [6.07, 6.45) is 0. The molecule has 0 fully saturated rings. The van der Waals surface area contributed by atoms with Crippen LogP contribution in [0.25, 0.3) is 0 Å². The minimum absolute atomic E-state index is 0.233. The summed E-state index contributed by atoms with van der Waals surface area (Å²) in [5.41, 5.74) is 2.09. The molecule has 2 aromatic rings. The highest BCUT2D eigenvalue weighted by Gasteiger charge is 2.10. The lowest BCUT2D eigenvalue weighted by Gasteiger charge is -2.08. The maximum absolute atomic E-state index is 11.8. The van der Waals surface area contributed by atoms with E-state index in [9.17, 15) is 9.59 Å². The average Bonchev–Trinajstić information content (AvgIpc) is 2.51. The van der Waals surface area contributed by atoms with E-state index in [-0.39, 0.29) is 13.2 Å². The lowest BCUT2D eigenvalue weighted by molar-refractivity contribution is -0.124. The predicted molar refractivity (Wildman–Crippen MR) is 89.8 cm³/mol. The van der Waals surface area contributed by atoms with Gasteiger partial charge in [-0.25, -0.2) is 4.79 Å². The van der Waals surface area contributed by atoms with Crippen molar-refractivity contribution in [1.29, 1.82) is 0 Å². The first-order valence-corrected chi connectivity index (χ1v) is 7.66. The van der Waals surface area contributed by atoms with Crippen LogP contribution < -0.4 is 5.32 Å². The van der Waals surface area contributed by atoms with Crippen molar-refractivity contribution >= 4 is 35.1 Å². The molecule has 4 nitrogen and oxygen atoms in total. The monoisotopic (exact) mass is 351 g/mol. The number of nitrogens with one attached hydrogen (secondary N) is 1. The Labute approximate surface area is 144 Å². The van der Waals surface area contributed by atoms with Gasteiger partial charge in [-0.15, -0.1) is 0 Å². The number of aryl methyl sites for hydroxylation is 1. The minimum atomic E-state index is -0.534. The molecular formula is C17H15Cl2NO3. The van der Waals surface area contributed by atoms with Gasteiger partial charge in [-0.3, -0.25) is 4.79 Å². The largest absolute Gasteiger partial charge is 0.452 e. The van der Waals surface area contributed by atoms with E-state index in [2.05, 4.69) is 5.32 Å². The fourth-order valence-corrected chi connectivity index (χ4v) is 2.37. The molecule has 0 aliphatic rings. The van der Waals surface area contributed by atoms with Crippen molar-refractivity contribution < 1.29 is 14.3 Å². The average molecular weight is 352 g/mol. The highest BCUT2D eigenvalue weighted by Crippen LogP contribution is 2.20. The Morgan fingerprint density at radius 1 is 1.13 bits per heavy atom. The zero-order valence-corrected chi connectivity index (χ0v) is 13.9. The second kappa shape index (κ2) is 7.99. The van der Waals surface area contributed by atoms with Crippen molar-refractivity contribution in [1.82, 2.24) is 5.32 Å². The summed E-state index contributed by atoms with van der Waals surface area (Å²) >= 11 is 11.8. The topological polar surface area (TPSA) is 55.4 Å². The summed E-state index contributed by atoms with van der Waals surface area (Å²) < 4.78 is 4.98. The highest BCUT2D eigenvalue weighted by atomic mass is 35.5. The molecule has 23 heavy (non-hydrogen) atoms. The van der Waals surface area contributed by atoms with Crippen molar-refractivity contribution in [2.75, 3.05) is 6.61 Å². The maximum atomic E-state index is 11.8. The second-order valence-corrected chi connectivity index (χ2v) is 5.80. The van der Waals surface area contributed by atoms with E-state index in [1.165, 1.54) is 0 Å². The van der Waals surface area contributed by atoms with Crippen LogP contribution in [-0.2, 0) is 16.1 Å².